The van der Waals surface area contributed by atoms with Gasteiger partial charge in [0.25, 0.3) is 0 Å². The van der Waals surface area contributed by atoms with Crippen LogP contribution < -0.4 is 0 Å². The highest BCUT2D eigenvalue weighted by atomic mass is 79.9. The van der Waals surface area contributed by atoms with Crippen LogP contribution in [0.4, 0.5) is 0 Å². The zero-order valence-electron chi connectivity index (χ0n) is 9.06. The first-order valence-electron chi connectivity index (χ1n) is 5.14. The molecule has 1 heterocycles. The SMILES string of the molecule is O=C(COCc1ccco1)c1ccc(Br)cc1. The lowest BCUT2D eigenvalue weighted by Crippen LogP contribution is -2.08. The Morgan fingerprint density at radius 3 is 2.65 bits per heavy atom. The second-order valence-electron chi connectivity index (χ2n) is 3.50. The number of ketones is 1. The Bertz CT molecular complexity index is 474. The van der Waals surface area contributed by atoms with E-state index in [1.54, 1.807) is 24.5 Å². The zero-order valence-corrected chi connectivity index (χ0v) is 10.6. The molecule has 0 fully saturated rings. The van der Waals surface area contributed by atoms with E-state index in [1.807, 2.05) is 18.2 Å². The van der Waals surface area contributed by atoms with Crippen LogP contribution in [-0.4, -0.2) is 12.4 Å². The summed E-state index contributed by atoms with van der Waals surface area (Å²) in [6.45, 7) is 0.373. The second kappa shape index (κ2) is 5.80. The molecule has 0 aliphatic carbocycles. The number of benzene rings is 1. The number of furan rings is 1. The van der Waals surface area contributed by atoms with Crippen molar-refractivity contribution >= 4 is 21.7 Å². The number of carbonyl (C=O) groups excluding carboxylic acids is 1. The first-order chi connectivity index (χ1) is 8.25. The van der Waals surface area contributed by atoms with Crippen molar-refractivity contribution in [3.8, 4) is 0 Å². The molecule has 0 bridgehead atoms. The van der Waals surface area contributed by atoms with E-state index in [2.05, 4.69) is 15.9 Å². The van der Waals surface area contributed by atoms with E-state index in [9.17, 15) is 4.79 Å². The summed E-state index contributed by atoms with van der Waals surface area (Å²) in [7, 11) is 0. The fourth-order valence-corrected chi connectivity index (χ4v) is 1.62. The van der Waals surface area contributed by atoms with Crippen LogP contribution in [-0.2, 0) is 11.3 Å². The lowest BCUT2D eigenvalue weighted by molar-refractivity contribution is 0.0691. The largest absolute Gasteiger partial charge is 0.467 e. The smallest absolute Gasteiger partial charge is 0.188 e. The number of ether oxygens (including phenoxy) is 1. The number of rotatable bonds is 5. The van der Waals surface area contributed by atoms with Gasteiger partial charge in [0.2, 0.25) is 0 Å². The third-order valence-corrected chi connectivity index (χ3v) is 2.75. The van der Waals surface area contributed by atoms with Crippen LogP contribution in [0.25, 0.3) is 0 Å². The summed E-state index contributed by atoms with van der Waals surface area (Å²) in [5.41, 5.74) is 0.646. The molecule has 1 aromatic carbocycles. The van der Waals surface area contributed by atoms with Gasteiger partial charge in [-0.3, -0.25) is 4.79 Å². The van der Waals surface area contributed by atoms with Gasteiger partial charge in [0.05, 0.1) is 6.26 Å². The van der Waals surface area contributed by atoms with Crippen LogP contribution in [0.15, 0.2) is 51.6 Å². The summed E-state index contributed by atoms with van der Waals surface area (Å²) in [5.74, 6) is 0.678. The van der Waals surface area contributed by atoms with Crippen LogP contribution in [0.5, 0.6) is 0 Å². The number of halogens is 1. The first-order valence-corrected chi connectivity index (χ1v) is 5.94. The van der Waals surface area contributed by atoms with Crippen molar-refractivity contribution in [1.29, 1.82) is 0 Å². The summed E-state index contributed by atoms with van der Waals surface area (Å²) in [5, 5.41) is 0. The molecule has 0 N–H and O–H groups in total. The third kappa shape index (κ3) is 3.54. The predicted molar refractivity (Wildman–Crippen MR) is 66.8 cm³/mol. The Hall–Kier alpha value is -1.39. The number of hydrogen-bond acceptors (Lipinski definition) is 3. The molecule has 0 unspecified atom stereocenters. The summed E-state index contributed by atoms with van der Waals surface area (Å²) < 4.78 is 11.3. The molecule has 17 heavy (non-hydrogen) atoms. The summed E-state index contributed by atoms with van der Waals surface area (Å²) in [4.78, 5) is 11.7. The van der Waals surface area contributed by atoms with Crippen molar-refractivity contribution in [2.75, 3.05) is 6.61 Å². The fourth-order valence-electron chi connectivity index (χ4n) is 1.36. The van der Waals surface area contributed by atoms with Gasteiger partial charge in [-0.25, -0.2) is 0 Å². The monoisotopic (exact) mass is 294 g/mol. The van der Waals surface area contributed by atoms with Crippen LogP contribution in [0, 0.1) is 0 Å². The van der Waals surface area contributed by atoms with E-state index in [0.717, 1.165) is 4.47 Å². The highest BCUT2D eigenvalue weighted by molar-refractivity contribution is 9.10. The normalized spacial score (nSPS) is 10.4. The van der Waals surface area contributed by atoms with Gasteiger partial charge in [-0.15, -0.1) is 0 Å². The Morgan fingerprint density at radius 1 is 1.24 bits per heavy atom. The van der Waals surface area contributed by atoms with Crippen LogP contribution in [0.3, 0.4) is 0 Å². The van der Waals surface area contributed by atoms with Crippen molar-refractivity contribution in [2.24, 2.45) is 0 Å². The van der Waals surface area contributed by atoms with Crippen molar-refractivity contribution in [2.45, 2.75) is 6.61 Å². The molecular formula is C13H11BrO3. The maximum Gasteiger partial charge on any atom is 0.188 e. The first kappa shape index (κ1) is 12.1. The molecule has 88 valence electrons. The molecule has 0 aliphatic rings. The molecule has 4 heteroatoms. The maximum atomic E-state index is 11.7. The van der Waals surface area contributed by atoms with Gasteiger partial charge in [-0.2, -0.15) is 0 Å². The molecule has 0 saturated carbocycles. The van der Waals surface area contributed by atoms with Gasteiger partial charge in [0.1, 0.15) is 19.0 Å². The Morgan fingerprint density at radius 2 is 2.00 bits per heavy atom. The molecule has 0 atom stereocenters. The fraction of sp³-hybridized carbons (Fsp3) is 0.154. The molecule has 1 aromatic heterocycles. The summed E-state index contributed by atoms with van der Waals surface area (Å²) in [6.07, 6.45) is 1.58. The van der Waals surface area contributed by atoms with Crippen LogP contribution in [0.1, 0.15) is 16.1 Å². The molecular weight excluding hydrogens is 284 g/mol. The van der Waals surface area contributed by atoms with Crippen molar-refractivity contribution in [3.63, 3.8) is 0 Å². The summed E-state index contributed by atoms with van der Waals surface area (Å²) in [6, 6.07) is 10.8. The van der Waals surface area contributed by atoms with E-state index in [-0.39, 0.29) is 12.4 Å². The standard InChI is InChI=1S/C13H11BrO3/c14-11-5-3-10(4-6-11)13(15)9-16-8-12-2-1-7-17-12/h1-7H,8-9H2. The minimum Gasteiger partial charge on any atom is -0.467 e. The lowest BCUT2D eigenvalue weighted by Gasteiger charge is -2.02. The Kier molecular flexibility index (Phi) is 4.12. The highest BCUT2D eigenvalue weighted by Crippen LogP contribution is 2.11. The highest BCUT2D eigenvalue weighted by Gasteiger charge is 2.06. The van der Waals surface area contributed by atoms with Gasteiger partial charge in [-0.1, -0.05) is 28.1 Å². The average molecular weight is 295 g/mol. The van der Waals surface area contributed by atoms with Crippen LogP contribution in [0.2, 0.25) is 0 Å². The molecule has 0 spiro atoms. The summed E-state index contributed by atoms with van der Waals surface area (Å²) >= 11 is 3.32. The third-order valence-electron chi connectivity index (χ3n) is 2.22. The van der Waals surface area contributed by atoms with E-state index < -0.39 is 0 Å². The van der Waals surface area contributed by atoms with E-state index in [1.165, 1.54) is 0 Å². The molecule has 0 aliphatic heterocycles. The zero-order chi connectivity index (χ0) is 12.1. The molecule has 0 amide bonds. The van der Waals surface area contributed by atoms with Crippen LogP contribution >= 0.6 is 15.9 Å². The number of Topliss-reactive ketones (excluding diaryl/α,β-unsaturated/α-hetero) is 1. The minimum atomic E-state index is -0.0379. The number of carbonyl (C=O) groups is 1. The maximum absolute atomic E-state index is 11.7. The molecule has 2 rings (SSSR count). The van der Waals surface area contributed by atoms with Crippen molar-refractivity contribution < 1.29 is 13.9 Å². The predicted octanol–water partition coefficient (Wildman–Crippen LogP) is 3.44. The average Bonchev–Trinajstić information content (AvgIpc) is 2.83. The molecule has 0 radical (unpaired) electrons. The lowest BCUT2D eigenvalue weighted by atomic mass is 10.1. The minimum absolute atomic E-state index is 0.0379. The Labute approximate surface area is 108 Å². The Balaban J connectivity index is 1.83. The van der Waals surface area contributed by atoms with E-state index >= 15 is 0 Å². The van der Waals surface area contributed by atoms with Gasteiger partial charge >= 0.3 is 0 Å². The van der Waals surface area contributed by atoms with Crippen molar-refractivity contribution in [3.05, 3.63) is 58.5 Å². The van der Waals surface area contributed by atoms with E-state index in [4.69, 9.17) is 9.15 Å². The molecule has 3 nitrogen and oxygen atoms in total. The van der Waals surface area contributed by atoms with Crippen molar-refractivity contribution in [1.82, 2.24) is 0 Å². The van der Waals surface area contributed by atoms with Gasteiger partial charge in [-0.05, 0) is 24.3 Å². The van der Waals surface area contributed by atoms with Gasteiger partial charge < -0.3 is 9.15 Å². The van der Waals surface area contributed by atoms with E-state index in [0.29, 0.717) is 17.9 Å². The number of hydrogen-bond donors (Lipinski definition) is 0. The van der Waals surface area contributed by atoms with Gasteiger partial charge in [0.15, 0.2) is 5.78 Å². The quantitative estimate of drug-likeness (QED) is 0.793. The topological polar surface area (TPSA) is 39.4 Å². The second-order valence-corrected chi connectivity index (χ2v) is 4.42. The molecule has 2 aromatic rings. The van der Waals surface area contributed by atoms with Gasteiger partial charge in [0, 0.05) is 10.0 Å². The molecule has 0 saturated heterocycles.